The number of nitrogens with one attached hydrogen (secondary N) is 1. The molecule has 0 saturated carbocycles. The van der Waals surface area contributed by atoms with Crippen LogP contribution in [-0.4, -0.2) is 0 Å². The zero-order valence-electron chi connectivity index (χ0n) is 7.88. The second-order valence-corrected chi connectivity index (χ2v) is 4.02. The number of nitrogens with two attached hydrogens (primary N) is 1. The summed E-state index contributed by atoms with van der Waals surface area (Å²) in [6.07, 6.45) is 2.72. The van der Waals surface area contributed by atoms with E-state index in [1.54, 1.807) is 6.26 Å². The Balaban J connectivity index is 2.84. The van der Waals surface area contributed by atoms with Gasteiger partial charge in [0.05, 0.1) is 16.8 Å². The molecule has 1 rings (SSSR count). The maximum absolute atomic E-state index is 5.48. The molecular weight excluding hydrogens is 232 g/mol. The second-order valence-electron chi connectivity index (χ2n) is 3.16. The molecule has 0 saturated heterocycles. The highest BCUT2D eigenvalue weighted by Gasteiger charge is 2.21. The molecule has 0 radical (unpaired) electrons. The lowest BCUT2D eigenvalue weighted by Crippen LogP contribution is -2.32. The van der Waals surface area contributed by atoms with Crippen LogP contribution in [0.5, 0.6) is 0 Å². The number of hydrazine groups is 1. The van der Waals surface area contributed by atoms with Crippen LogP contribution in [0.25, 0.3) is 0 Å². The third-order valence-corrected chi connectivity index (χ3v) is 2.97. The summed E-state index contributed by atoms with van der Waals surface area (Å²) in [7, 11) is 0. The van der Waals surface area contributed by atoms with E-state index in [0.29, 0.717) is 5.92 Å². The van der Waals surface area contributed by atoms with Gasteiger partial charge in [-0.3, -0.25) is 5.84 Å². The zero-order valence-corrected chi connectivity index (χ0v) is 9.47. The van der Waals surface area contributed by atoms with Crippen molar-refractivity contribution in [1.82, 2.24) is 5.43 Å². The normalized spacial score (nSPS) is 15.7. The van der Waals surface area contributed by atoms with Gasteiger partial charge >= 0.3 is 0 Å². The van der Waals surface area contributed by atoms with Crippen LogP contribution in [0.4, 0.5) is 0 Å². The van der Waals surface area contributed by atoms with E-state index in [1.807, 2.05) is 6.07 Å². The van der Waals surface area contributed by atoms with Crippen molar-refractivity contribution in [3.05, 3.63) is 22.6 Å². The van der Waals surface area contributed by atoms with E-state index in [9.17, 15) is 0 Å². The predicted octanol–water partition coefficient (Wildman–Crippen LogP) is 2.59. The van der Waals surface area contributed by atoms with E-state index < -0.39 is 0 Å². The summed E-state index contributed by atoms with van der Waals surface area (Å²) in [5.74, 6) is 6.80. The molecule has 2 unspecified atom stereocenters. The van der Waals surface area contributed by atoms with Crippen molar-refractivity contribution in [2.45, 2.75) is 26.3 Å². The molecule has 13 heavy (non-hydrogen) atoms. The highest BCUT2D eigenvalue weighted by atomic mass is 79.9. The quantitative estimate of drug-likeness (QED) is 0.635. The summed E-state index contributed by atoms with van der Waals surface area (Å²) in [6, 6.07) is 1.96. The topological polar surface area (TPSA) is 51.2 Å². The predicted molar refractivity (Wildman–Crippen MR) is 55.9 cm³/mol. The summed E-state index contributed by atoms with van der Waals surface area (Å²) in [5, 5.41) is 0. The van der Waals surface area contributed by atoms with Gasteiger partial charge in [0.1, 0.15) is 5.76 Å². The molecule has 3 N–H and O–H groups in total. The fourth-order valence-corrected chi connectivity index (χ4v) is 1.71. The summed E-state index contributed by atoms with van der Waals surface area (Å²) >= 11 is 3.42. The molecule has 2 atom stereocenters. The average molecular weight is 247 g/mol. The Bertz CT molecular complexity index is 262. The Labute approximate surface area is 86.8 Å². The highest BCUT2D eigenvalue weighted by Crippen LogP contribution is 2.30. The van der Waals surface area contributed by atoms with Gasteiger partial charge in [0.2, 0.25) is 0 Å². The highest BCUT2D eigenvalue weighted by molar-refractivity contribution is 9.10. The first-order valence-corrected chi connectivity index (χ1v) is 5.19. The number of halogens is 1. The molecule has 0 amide bonds. The molecule has 1 heterocycles. The number of furan rings is 1. The minimum atomic E-state index is 0.0781. The van der Waals surface area contributed by atoms with Crippen molar-refractivity contribution in [3.63, 3.8) is 0 Å². The van der Waals surface area contributed by atoms with Crippen molar-refractivity contribution >= 4 is 15.9 Å². The molecule has 0 aliphatic carbocycles. The molecule has 0 aliphatic heterocycles. The Morgan fingerprint density at radius 2 is 2.38 bits per heavy atom. The summed E-state index contributed by atoms with van der Waals surface area (Å²) in [4.78, 5) is 0. The lowest BCUT2D eigenvalue weighted by Gasteiger charge is -2.20. The van der Waals surface area contributed by atoms with Crippen LogP contribution in [0.15, 0.2) is 21.2 Å². The van der Waals surface area contributed by atoms with Crippen LogP contribution in [0.3, 0.4) is 0 Å². The molecule has 0 bridgehead atoms. The first kappa shape index (κ1) is 10.8. The molecule has 1 aromatic heterocycles. The molecular formula is C9H15BrN2O. The van der Waals surface area contributed by atoms with Crippen LogP contribution in [0, 0.1) is 5.92 Å². The number of hydrogen-bond acceptors (Lipinski definition) is 3. The first-order chi connectivity index (χ1) is 6.20. The third-order valence-electron chi connectivity index (χ3n) is 2.32. The molecule has 0 aliphatic rings. The van der Waals surface area contributed by atoms with Crippen molar-refractivity contribution < 1.29 is 4.42 Å². The third kappa shape index (κ3) is 2.33. The fraction of sp³-hybridized carbons (Fsp3) is 0.556. The Morgan fingerprint density at radius 3 is 2.77 bits per heavy atom. The van der Waals surface area contributed by atoms with Gasteiger partial charge in [-0.25, -0.2) is 5.43 Å². The molecule has 4 heteroatoms. The van der Waals surface area contributed by atoms with Crippen molar-refractivity contribution in [2.75, 3.05) is 0 Å². The molecule has 0 fully saturated rings. The maximum atomic E-state index is 5.48. The zero-order chi connectivity index (χ0) is 9.84. The van der Waals surface area contributed by atoms with Crippen molar-refractivity contribution in [3.8, 4) is 0 Å². The van der Waals surface area contributed by atoms with E-state index in [2.05, 4.69) is 35.2 Å². The Morgan fingerprint density at radius 1 is 1.69 bits per heavy atom. The van der Waals surface area contributed by atoms with Gasteiger partial charge in [0.25, 0.3) is 0 Å². The van der Waals surface area contributed by atoms with E-state index in [4.69, 9.17) is 10.3 Å². The van der Waals surface area contributed by atoms with E-state index in [1.165, 1.54) is 0 Å². The molecule has 74 valence electrons. The van der Waals surface area contributed by atoms with Crippen molar-refractivity contribution in [1.29, 1.82) is 0 Å². The van der Waals surface area contributed by atoms with E-state index in [0.717, 1.165) is 16.7 Å². The lowest BCUT2D eigenvalue weighted by molar-refractivity contribution is 0.321. The van der Waals surface area contributed by atoms with Gasteiger partial charge in [-0.2, -0.15) is 0 Å². The van der Waals surface area contributed by atoms with Gasteiger partial charge in [0.15, 0.2) is 0 Å². The number of hydrogen-bond donors (Lipinski definition) is 2. The van der Waals surface area contributed by atoms with E-state index >= 15 is 0 Å². The lowest BCUT2D eigenvalue weighted by atomic mass is 9.98. The minimum Gasteiger partial charge on any atom is -0.466 e. The minimum absolute atomic E-state index is 0.0781. The van der Waals surface area contributed by atoms with Crippen molar-refractivity contribution in [2.24, 2.45) is 11.8 Å². The van der Waals surface area contributed by atoms with Gasteiger partial charge in [-0.1, -0.05) is 20.3 Å². The largest absolute Gasteiger partial charge is 0.466 e. The molecule has 0 aromatic carbocycles. The fourth-order valence-electron chi connectivity index (χ4n) is 1.26. The average Bonchev–Trinajstić information content (AvgIpc) is 2.53. The smallest absolute Gasteiger partial charge is 0.136 e. The Hall–Kier alpha value is -0.320. The van der Waals surface area contributed by atoms with Gasteiger partial charge in [-0.15, -0.1) is 0 Å². The Kier molecular flexibility index (Phi) is 3.96. The first-order valence-electron chi connectivity index (χ1n) is 4.39. The molecule has 1 aromatic rings. The molecule has 0 spiro atoms. The summed E-state index contributed by atoms with van der Waals surface area (Å²) in [6.45, 7) is 4.27. The maximum Gasteiger partial charge on any atom is 0.136 e. The summed E-state index contributed by atoms with van der Waals surface area (Å²) in [5.41, 5.74) is 2.77. The molecule has 3 nitrogen and oxygen atoms in total. The SMILES string of the molecule is CCC(C)C(NN)c1occc1Br. The van der Waals surface area contributed by atoms with Crippen LogP contribution >= 0.6 is 15.9 Å². The van der Waals surface area contributed by atoms with Crippen LogP contribution in [-0.2, 0) is 0 Å². The summed E-state index contributed by atoms with van der Waals surface area (Å²) < 4.78 is 6.32. The number of rotatable bonds is 4. The van der Waals surface area contributed by atoms with Gasteiger partial charge in [0, 0.05) is 0 Å². The van der Waals surface area contributed by atoms with Gasteiger partial charge < -0.3 is 4.42 Å². The van der Waals surface area contributed by atoms with Gasteiger partial charge in [-0.05, 0) is 27.9 Å². The van der Waals surface area contributed by atoms with Crippen LogP contribution in [0.2, 0.25) is 0 Å². The van der Waals surface area contributed by atoms with Crippen LogP contribution in [0.1, 0.15) is 32.1 Å². The monoisotopic (exact) mass is 246 g/mol. The standard InChI is InChI=1S/C9H15BrN2O/c1-3-6(2)8(12-11)9-7(10)4-5-13-9/h4-6,8,12H,3,11H2,1-2H3. The van der Waals surface area contributed by atoms with E-state index in [-0.39, 0.29) is 6.04 Å². The van der Waals surface area contributed by atoms with Crippen LogP contribution < -0.4 is 11.3 Å². The second kappa shape index (κ2) is 4.79.